The summed E-state index contributed by atoms with van der Waals surface area (Å²) < 4.78 is 8.89. The van der Waals surface area contributed by atoms with E-state index in [0.29, 0.717) is 0 Å². The van der Waals surface area contributed by atoms with Gasteiger partial charge in [0.15, 0.2) is 6.17 Å². The van der Waals surface area contributed by atoms with Gasteiger partial charge in [0.05, 0.1) is 0 Å². The van der Waals surface area contributed by atoms with Gasteiger partial charge in [0, 0.05) is 47.6 Å². The van der Waals surface area contributed by atoms with E-state index in [1.165, 1.54) is 31.3 Å². The van der Waals surface area contributed by atoms with Gasteiger partial charge in [0.1, 0.15) is 22.8 Å². The summed E-state index contributed by atoms with van der Waals surface area (Å²) in [6.07, 6.45) is -0.450. The number of furan rings is 1. The lowest BCUT2D eigenvalue weighted by atomic mass is 9.99. The molecule has 3 heterocycles. The van der Waals surface area contributed by atoms with Gasteiger partial charge >= 0.3 is 0 Å². The number of rotatable bonds is 5. The van der Waals surface area contributed by atoms with E-state index in [2.05, 4.69) is 151 Å². The Balaban J connectivity index is 1.11. The van der Waals surface area contributed by atoms with Crippen LogP contribution in [0.3, 0.4) is 0 Å². The van der Waals surface area contributed by atoms with Gasteiger partial charge in [-0.3, -0.25) is 0 Å². The van der Waals surface area contributed by atoms with Crippen molar-refractivity contribution >= 4 is 65.1 Å². The fraction of sp³-hybridized carbons (Fsp3) is 0.0222. The van der Waals surface area contributed by atoms with Crippen LogP contribution >= 0.6 is 11.3 Å². The van der Waals surface area contributed by atoms with E-state index < -0.39 is 6.17 Å². The molecule has 0 fully saturated rings. The average Bonchev–Trinajstić information content (AvgIpc) is 3.77. The van der Waals surface area contributed by atoms with Gasteiger partial charge in [0.25, 0.3) is 0 Å². The van der Waals surface area contributed by atoms with Gasteiger partial charge in [-0.15, -0.1) is 11.3 Å². The Morgan fingerprint density at radius 2 is 1.12 bits per heavy atom. The number of aliphatic imine (C=N–C) groups is 2. The van der Waals surface area contributed by atoms with Crippen LogP contribution in [0.25, 0.3) is 64.4 Å². The third-order valence-electron chi connectivity index (χ3n) is 9.56. The van der Waals surface area contributed by atoms with E-state index in [4.69, 9.17) is 14.4 Å². The molecule has 236 valence electrons. The van der Waals surface area contributed by atoms with Crippen molar-refractivity contribution in [2.45, 2.75) is 6.17 Å². The Kier molecular flexibility index (Phi) is 6.71. The Labute approximate surface area is 292 Å². The Bertz CT molecular complexity index is 2790. The second-order valence-electron chi connectivity index (χ2n) is 12.6. The Morgan fingerprint density at radius 1 is 0.480 bits per heavy atom. The highest BCUT2D eigenvalue weighted by atomic mass is 32.1. The van der Waals surface area contributed by atoms with Crippen molar-refractivity contribution in [1.29, 1.82) is 0 Å². The molecule has 7 aromatic carbocycles. The van der Waals surface area contributed by atoms with Gasteiger partial charge in [-0.05, 0) is 46.5 Å². The molecule has 4 nitrogen and oxygen atoms in total. The fourth-order valence-corrected chi connectivity index (χ4v) is 8.33. The van der Waals surface area contributed by atoms with Crippen LogP contribution in [-0.4, -0.2) is 11.7 Å². The van der Waals surface area contributed by atoms with Crippen molar-refractivity contribution in [1.82, 2.24) is 5.32 Å². The molecule has 0 radical (unpaired) electrons. The summed E-state index contributed by atoms with van der Waals surface area (Å²) in [5.74, 6) is 1.61. The van der Waals surface area contributed by atoms with Crippen LogP contribution in [0.15, 0.2) is 178 Å². The lowest BCUT2D eigenvalue weighted by Crippen LogP contribution is -2.36. The van der Waals surface area contributed by atoms with E-state index in [1.54, 1.807) is 11.3 Å². The van der Waals surface area contributed by atoms with E-state index in [1.807, 2.05) is 18.2 Å². The van der Waals surface area contributed by atoms with Gasteiger partial charge in [-0.1, -0.05) is 140 Å². The van der Waals surface area contributed by atoms with Crippen LogP contribution in [-0.2, 0) is 0 Å². The second kappa shape index (κ2) is 11.7. The second-order valence-corrected chi connectivity index (χ2v) is 13.6. The molecule has 9 aromatic rings. The minimum Gasteiger partial charge on any atom is -0.455 e. The zero-order chi connectivity index (χ0) is 33.0. The van der Waals surface area contributed by atoms with Crippen molar-refractivity contribution in [2.24, 2.45) is 9.98 Å². The molecule has 50 heavy (non-hydrogen) atoms. The van der Waals surface area contributed by atoms with E-state index in [9.17, 15) is 0 Å². The average molecular weight is 660 g/mol. The van der Waals surface area contributed by atoms with Crippen LogP contribution in [0.5, 0.6) is 0 Å². The first kappa shape index (κ1) is 28.7. The van der Waals surface area contributed by atoms with Gasteiger partial charge in [0.2, 0.25) is 0 Å². The summed E-state index contributed by atoms with van der Waals surface area (Å²) in [6, 6.07) is 57.3. The molecule has 0 spiro atoms. The molecule has 0 saturated carbocycles. The molecule has 1 N–H and O–H groups in total. The van der Waals surface area contributed by atoms with E-state index in [-0.39, 0.29) is 0 Å². The molecule has 0 amide bonds. The number of para-hydroxylation sites is 2. The highest BCUT2D eigenvalue weighted by Crippen LogP contribution is 2.39. The number of nitrogens with zero attached hydrogens (tertiary/aromatic N) is 2. The van der Waals surface area contributed by atoms with Crippen molar-refractivity contribution in [2.75, 3.05) is 0 Å². The molecular weight excluding hydrogens is 631 g/mol. The molecule has 1 atom stereocenters. The van der Waals surface area contributed by atoms with Crippen molar-refractivity contribution in [3.63, 3.8) is 0 Å². The molecule has 1 unspecified atom stereocenters. The molecule has 1 aliphatic rings. The Morgan fingerprint density at radius 3 is 2.00 bits per heavy atom. The number of thiophene rings is 1. The summed E-state index contributed by atoms with van der Waals surface area (Å²) in [5, 5.41) is 8.39. The number of nitrogens with one attached hydrogen (secondary N) is 1. The number of fused-ring (bicyclic) bond motifs is 6. The highest BCUT2D eigenvalue weighted by Gasteiger charge is 2.23. The normalized spacial score (nSPS) is 14.6. The maximum Gasteiger partial charge on any atom is 0.169 e. The van der Waals surface area contributed by atoms with Crippen molar-refractivity contribution < 1.29 is 4.42 Å². The van der Waals surface area contributed by atoms with E-state index in [0.717, 1.165) is 61.4 Å². The third-order valence-corrected chi connectivity index (χ3v) is 10.8. The molecule has 2 aromatic heterocycles. The number of hydrogen-bond acceptors (Lipinski definition) is 5. The monoisotopic (exact) mass is 659 g/mol. The first-order valence-electron chi connectivity index (χ1n) is 16.8. The molecule has 0 aliphatic carbocycles. The minimum atomic E-state index is -0.450. The van der Waals surface area contributed by atoms with Gasteiger partial charge in [-0.25, -0.2) is 9.98 Å². The first-order chi connectivity index (χ1) is 24.8. The van der Waals surface area contributed by atoms with E-state index >= 15 is 0 Å². The summed E-state index contributed by atoms with van der Waals surface area (Å²) in [4.78, 5) is 10.6. The van der Waals surface area contributed by atoms with Crippen LogP contribution in [0.4, 0.5) is 0 Å². The fourth-order valence-electron chi connectivity index (χ4n) is 7.11. The lowest BCUT2D eigenvalue weighted by Gasteiger charge is -2.23. The predicted octanol–water partition coefficient (Wildman–Crippen LogP) is 11.8. The molecular formula is C45H29N3OS. The number of amidine groups is 2. The molecule has 0 bridgehead atoms. The summed E-state index contributed by atoms with van der Waals surface area (Å²) >= 11 is 1.81. The standard InChI is InChI=1S/C45H29N3OS/c1-2-11-28(12-3-1)29-23-25-30(26-24-29)43-46-44(48-45(47-43)38-20-10-19-37-35-16-5-7-22-40(35)50-42(37)38)32-14-8-13-31(27-32)33-17-9-18-36-34-15-4-6-21-39(34)49-41(33)36/h1-27,44H,(H,46,47,48). The minimum absolute atomic E-state index is 0.450. The number of hydrogen-bond donors (Lipinski definition) is 1. The molecule has 1 aliphatic heterocycles. The summed E-state index contributed by atoms with van der Waals surface area (Å²) in [6.45, 7) is 0. The van der Waals surface area contributed by atoms with Gasteiger partial charge < -0.3 is 9.73 Å². The Hall–Kier alpha value is -6.30. The maximum absolute atomic E-state index is 6.42. The largest absolute Gasteiger partial charge is 0.455 e. The summed E-state index contributed by atoms with van der Waals surface area (Å²) in [7, 11) is 0. The van der Waals surface area contributed by atoms with Crippen LogP contribution in [0, 0.1) is 0 Å². The van der Waals surface area contributed by atoms with Crippen molar-refractivity contribution in [3.8, 4) is 22.3 Å². The van der Waals surface area contributed by atoms with Crippen molar-refractivity contribution in [3.05, 3.63) is 180 Å². The topological polar surface area (TPSA) is 49.9 Å². The quantitative estimate of drug-likeness (QED) is 0.200. The molecule has 5 heteroatoms. The van der Waals surface area contributed by atoms with Crippen LogP contribution in [0.2, 0.25) is 0 Å². The zero-order valence-electron chi connectivity index (χ0n) is 26.9. The first-order valence-corrected chi connectivity index (χ1v) is 17.6. The smallest absolute Gasteiger partial charge is 0.169 e. The van der Waals surface area contributed by atoms with Crippen LogP contribution < -0.4 is 5.32 Å². The SMILES string of the molecule is c1ccc(-c2ccc(C3=NC(c4cccc(-c5cccc6c5oc5ccccc56)c4)N=C(c4cccc5c4sc4ccccc45)N3)cc2)cc1. The predicted molar refractivity (Wildman–Crippen MR) is 209 cm³/mol. The number of benzene rings is 7. The maximum atomic E-state index is 6.42. The van der Waals surface area contributed by atoms with Gasteiger partial charge in [-0.2, -0.15) is 0 Å². The molecule has 0 saturated heterocycles. The van der Waals surface area contributed by atoms with Crippen LogP contribution in [0.1, 0.15) is 22.9 Å². The molecule has 10 rings (SSSR count). The third kappa shape index (κ3) is 4.82. The zero-order valence-corrected chi connectivity index (χ0v) is 27.7. The summed E-state index contributed by atoms with van der Waals surface area (Å²) in [5.41, 5.74) is 9.34. The lowest BCUT2D eigenvalue weighted by molar-refractivity contribution is 0.670. The highest BCUT2D eigenvalue weighted by molar-refractivity contribution is 7.26.